The van der Waals surface area contributed by atoms with E-state index in [0.717, 1.165) is 42.1 Å². The van der Waals surface area contributed by atoms with E-state index in [9.17, 15) is 4.79 Å². The number of aromatic nitrogens is 1. The predicted octanol–water partition coefficient (Wildman–Crippen LogP) is 3.66. The molecule has 2 heterocycles. The minimum atomic E-state index is -0.0860. The zero-order valence-electron chi connectivity index (χ0n) is 12.3. The zero-order chi connectivity index (χ0) is 14.8. The van der Waals surface area contributed by atoms with Gasteiger partial charge in [-0.2, -0.15) is 0 Å². The van der Waals surface area contributed by atoms with Gasteiger partial charge >= 0.3 is 6.03 Å². The van der Waals surface area contributed by atoms with Crippen molar-refractivity contribution in [2.75, 3.05) is 11.9 Å². The van der Waals surface area contributed by atoms with E-state index in [-0.39, 0.29) is 12.1 Å². The van der Waals surface area contributed by atoms with E-state index in [0.29, 0.717) is 0 Å². The summed E-state index contributed by atoms with van der Waals surface area (Å²) in [6.45, 7) is 4.63. The largest absolute Gasteiger partial charge is 0.359 e. The number of anilines is 1. The number of carbonyl (C=O) groups is 1. The minimum Gasteiger partial charge on any atom is -0.359 e. The Morgan fingerprint density at radius 1 is 1.38 bits per heavy atom. The molecule has 5 heteroatoms. The quantitative estimate of drug-likeness (QED) is 0.916. The molecule has 0 unspecified atom stereocenters. The lowest BCUT2D eigenvalue weighted by Gasteiger charge is -2.23. The third kappa shape index (κ3) is 2.91. The maximum atomic E-state index is 12.5. The van der Waals surface area contributed by atoms with Crippen molar-refractivity contribution in [3.8, 4) is 0 Å². The normalized spacial score (nSPS) is 18.0. The number of urea groups is 1. The smallest absolute Gasteiger partial charge is 0.322 e. The number of amides is 2. The monoisotopic (exact) mass is 285 g/mol. The summed E-state index contributed by atoms with van der Waals surface area (Å²) < 4.78 is 5.33. The number of hydrogen-bond donors (Lipinski definition) is 1. The van der Waals surface area contributed by atoms with Gasteiger partial charge in [-0.3, -0.25) is 0 Å². The van der Waals surface area contributed by atoms with Gasteiger partial charge in [0.05, 0.1) is 11.7 Å². The second kappa shape index (κ2) is 5.60. The van der Waals surface area contributed by atoms with Gasteiger partial charge in [-0.25, -0.2) is 4.79 Å². The first kappa shape index (κ1) is 13.7. The summed E-state index contributed by atoms with van der Waals surface area (Å²) in [6, 6.07) is 9.60. The van der Waals surface area contributed by atoms with Crippen molar-refractivity contribution >= 4 is 11.7 Å². The van der Waals surface area contributed by atoms with E-state index in [1.54, 1.807) is 0 Å². The molecule has 21 heavy (non-hydrogen) atoms. The van der Waals surface area contributed by atoms with Crippen LogP contribution in [0.25, 0.3) is 0 Å². The molecule has 1 aliphatic heterocycles. The highest BCUT2D eigenvalue weighted by atomic mass is 16.5. The number of carbonyl (C=O) groups excluding carboxylic acids is 1. The SMILES string of the molecule is Cc1cccc(NC(=O)N2CCC[C@H]2c2cc(C)no2)c1. The summed E-state index contributed by atoms with van der Waals surface area (Å²) in [4.78, 5) is 14.3. The summed E-state index contributed by atoms with van der Waals surface area (Å²) >= 11 is 0. The van der Waals surface area contributed by atoms with Crippen molar-refractivity contribution in [1.82, 2.24) is 10.1 Å². The van der Waals surface area contributed by atoms with Gasteiger partial charge in [-0.1, -0.05) is 17.3 Å². The van der Waals surface area contributed by atoms with Crippen LogP contribution in [0, 0.1) is 13.8 Å². The number of aryl methyl sites for hydroxylation is 2. The Bertz CT molecular complexity index is 650. The molecule has 0 aliphatic carbocycles. The lowest BCUT2D eigenvalue weighted by Crippen LogP contribution is -2.34. The first-order chi connectivity index (χ1) is 10.1. The standard InChI is InChI=1S/C16H19N3O2/c1-11-5-3-6-13(9-11)17-16(20)19-8-4-7-14(19)15-10-12(2)18-21-15/h3,5-6,9-10,14H,4,7-8H2,1-2H3,(H,17,20)/t14-/m0/s1. The molecule has 1 fully saturated rings. The summed E-state index contributed by atoms with van der Waals surface area (Å²) in [5.74, 6) is 0.768. The summed E-state index contributed by atoms with van der Waals surface area (Å²) in [6.07, 6.45) is 1.89. The molecular weight excluding hydrogens is 266 g/mol. The van der Waals surface area contributed by atoms with Crippen LogP contribution in [0.4, 0.5) is 10.5 Å². The van der Waals surface area contributed by atoms with Crippen molar-refractivity contribution in [3.05, 3.63) is 47.3 Å². The van der Waals surface area contributed by atoms with Gasteiger partial charge in [0.2, 0.25) is 0 Å². The fourth-order valence-electron chi connectivity index (χ4n) is 2.76. The van der Waals surface area contributed by atoms with Gasteiger partial charge in [-0.05, 0) is 44.4 Å². The zero-order valence-corrected chi connectivity index (χ0v) is 12.3. The van der Waals surface area contributed by atoms with Crippen LogP contribution >= 0.6 is 0 Å². The van der Waals surface area contributed by atoms with Crippen molar-refractivity contribution in [2.24, 2.45) is 0 Å². The van der Waals surface area contributed by atoms with Crippen LogP contribution in [-0.2, 0) is 0 Å². The van der Waals surface area contributed by atoms with Gasteiger partial charge < -0.3 is 14.7 Å². The number of benzene rings is 1. The molecule has 5 nitrogen and oxygen atoms in total. The molecule has 110 valence electrons. The van der Waals surface area contributed by atoms with Crippen LogP contribution in [0.1, 0.15) is 35.9 Å². The van der Waals surface area contributed by atoms with E-state index in [1.807, 2.05) is 49.1 Å². The van der Waals surface area contributed by atoms with Gasteiger partial charge in [0.1, 0.15) is 0 Å². The number of hydrogen-bond acceptors (Lipinski definition) is 3. The molecule has 1 aromatic carbocycles. The topological polar surface area (TPSA) is 58.4 Å². The molecule has 0 radical (unpaired) electrons. The Hall–Kier alpha value is -2.30. The molecular formula is C16H19N3O2. The molecule has 1 N–H and O–H groups in total. The molecule has 2 aromatic rings. The number of nitrogens with one attached hydrogen (secondary N) is 1. The Morgan fingerprint density at radius 2 is 2.24 bits per heavy atom. The summed E-state index contributed by atoms with van der Waals surface area (Å²) in [7, 11) is 0. The van der Waals surface area contributed by atoms with Gasteiger partial charge in [-0.15, -0.1) is 0 Å². The molecule has 0 spiro atoms. The Morgan fingerprint density at radius 3 is 2.95 bits per heavy atom. The molecule has 1 saturated heterocycles. The van der Waals surface area contributed by atoms with Crippen molar-refractivity contribution in [3.63, 3.8) is 0 Å². The minimum absolute atomic E-state index is 0.0176. The molecule has 1 aliphatic rings. The highest BCUT2D eigenvalue weighted by molar-refractivity contribution is 5.89. The third-order valence-corrected chi connectivity index (χ3v) is 3.76. The lowest BCUT2D eigenvalue weighted by atomic mass is 10.1. The third-order valence-electron chi connectivity index (χ3n) is 3.76. The Labute approximate surface area is 123 Å². The van der Waals surface area contributed by atoms with Crippen LogP contribution in [0.2, 0.25) is 0 Å². The van der Waals surface area contributed by atoms with Gasteiger partial charge in [0.25, 0.3) is 0 Å². The van der Waals surface area contributed by atoms with Crippen molar-refractivity contribution in [1.29, 1.82) is 0 Å². The highest BCUT2D eigenvalue weighted by Crippen LogP contribution is 2.32. The molecule has 0 saturated carbocycles. The van der Waals surface area contributed by atoms with E-state index >= 15 is 0 Å². The average Bonchev–Trinajstić information content (AvgIpc) is 3.06. The van der Waals surface area contributed by atoms with E-state index in [4.69, 9.17) is 4.52 Å². The Kier molecular flexibility index (Phi) is 3.64. The fourth-order valence-corrected chi connectivity index (χ4v) is 2.76. The van der Waals surface area contributed by atoms with E-state index < -0.39 is 0 Å². The number of likely N-dealkylation sites (tertiary alicyclic amines) is 1. The number of nitrogens with zero attached hydrogens (tertiary/aromatic N) is 2. The molecule has 1 atom stereocenters. The van der Waals surface area contributed by atoms with E-state index in [1.165, 1.54) is 0 Å². The molecule has 0 bridgehead atoms. The maximum absolute atomic E-state index is 12.5. The summed E-state index contributed by atoms with van der Waals surface area (Å²) in [5, 5.41) is 6.87. The van der Waals surface area contributed by atoms with Crippen molar-refractivity contribution in [2.45, 2.75) is 32.7 Å². The van der Waals surface area contributed by atoms with Gasteiger partial charge in [0, 0.05) is 18.3 Å². The lowest BCUT2D eigenvalue weighted by molar-refractivity contribution is 0.195. The predicted molar refractivity (Wildman–Crippen MR) is 80.1 cm³/mol. The fraction of sp³-hybridized carbons (Fsp3) is 0.375. The molecule has 1 aromatic heterocycles. The highest BCUT2D eigenvalue weighted by Gasteiger charge is 2.32. The van der Waals surface area contributed by atoms with Crippen LogP contribution in [0.3, 0.4) is 0 Å². The van der Waals surface area contributed by atoms with Gasteiger partial charge in [0.15, 0.2) is 5.76 Å². The van der Waals surface area contributed by atoms with Crippen LogP contribution in [0.15, 0.2) is 34.9 Å². The molecule has 3 rings (SSSR count). The summed E-state index contributed by atoms with van der Waals surface area (Å²) in [5.41, 5.74) is 2.78. The first-order valence-electron chi connectivity index (χ1n) is 7.21. The van der Waals surface area contributed by atoms with Crippen molar-refractivity contribution < 1.29 is 9.32 Å². The maximum Gasteiger partial charge on any atom is 0.322 e. The van der Waals surface area contributed by atoms with Crippen LogP contribution in [0.5, 0.6) is 0 Å². The van der Waals surface area contributed by atoms with Crippen LogP contribution < -0.4 is 5.32 Å². The number of rotatable bonds is 2. The first-order valence-corrected chi connectivity index (χ1v) is 7.21. The average molecular weight is 285 g/mol. The Balaban J connectivity index is 1.74. The van der Waals surface area contributed by atoms with Crippen LogP contribution in [-0.4, -0.2) is 22.6 Å². The molecule has 2 amide bonds. The second-order valence-corrected chi connectivity index (χ2v) is 5.52. The second-order valence-electron chi connectivity index (χ2n) is 5.52. The van der Waals surface area contributed by atoms with E-state index in [2.05, 4.69) is 10.5 Å².